The van der Waals surface area contributed by atoms with E-state index >= 15 is 0 Å². The molecule has 2 N–H and O–H groups in total. The smallest absolute Gasteiger partial charge is 0.246 e. The molecule has 4 fully saturated rings. The Morgan fingerprint density at radius 1 is 1.09 bits per heavy atom. The maximum absolute atomic E-state index is 14.3. The van der Waals surface area contributed by atoms with Gasteiger partial charge in [-0.2, -0.15) is 0 Å². The van der Waals surface area contributed by atoms with Crippen molar-refractivity contribution in [2.75, 3.05) is 31.5 Å². The van der Waals surface area contributed by atoms with Gasteiger partial charge in [-0.15, -0.1) is 0 Å². The minimum absolute atomic E-state index is 0.0314. The normalized spacial score (nSPS) is 35.8. The topological polar surface area (TPSA) is 91.0 Å². The lowest BCUT2D eigenvalue weighted by molar-refractivity contribution is -0.141. The SMILES string of the molecule is CC1CCN(CCCN2C(=O)[C@@H]3[C@H](C(=O)Nc4ccc(F)c(Cl)c4)[C@@H]4C=C[C@@]3(O4)[C@@H]2C(=O)N[C@@H]2CCC[C@@H](C)[C@H]2C)CC1. The number of fused-ring (bicyclic) bond motifs is 1. The van der Waals surface area contributed by atoms with Gasteiger partial charge < -0.3 is 25.2 Å². The molecule has 0 aromatic heterocycles. The van der Waals surface area contributed by atoms with Crippen molar-refractivity contribution in [2.24, 2.45) is 29.6 Å². The molecule has 0 radical (unpaired) electrons. The largest absolute Gasteiger partial charge is 0.359 e. The Morgan fingerprint density at radius 2 is 1.86 bits per heavy atom. The van der Waals surface area contributed by atoms with Gasteiger partial charge in [0, 0.05) is 18.3 Å². The molecular formula is C33H44ClFN4O4. The molecule has 8 atom stereocenters. The summed E-state index contributed by atoms with van der Waals surface area (Å²) in [6.07, 6.45) is 9.23. The monoisotopic (exact) mass is 614 g/mol. The summed E-state index contributed by atoms with van der Waals surface area (Å²) < 4.78 is 20.2. The summed E-state index contributed by atoms with van der Waals surface area (Å²) >= 11 is 5.94. The molecule has 43 heavy (non-hydrogen) atoms. The number of rotatable bonds is 8. The summed E-state index contributed by atoms with van der Waals surface area (Å²) in [5.74, 6) is -1.49. The second-order valence-corrected chi connectivity index (χ2v) is 14.0. The van der Waals surface area contributed by atoms with Crippen LogP contribution >= 0.6 is 11.6 Å². The van der Waals surface area contributed by atoms with Crippen molar-refractivity contribution in [2.45, 2.75) is 83.1 Å². The predicted octanol–water partition coefficient (Wildman–Crippen LogP) is 4.63. The van der Waals surface area contributed by atoms with Gasteiger partial charge in [0.15, 0.2) is 0 Å². The number of hydrogen-bond donors (Lipinski definition) is 2. The fourth-order valence-corrected chi connectivity index (χ4v) is 8.29. The first-order valence-corrected chi connectivity index (χ1v) is 16.4. The number of likely N-dealkylation sites (tertiary alicyclic amines) is 2. The minimum atomic E-state index is -1.21. The van der Waals surface area contributed by atoms with Gasteiger partial charge in [-0.25, -0.2) is 4.39 Å². The van der Waals surface area contributed by atoms with Gasteiger partial charge in [0.2, 0.25) is 17.7 Å². The molecule has 6 rings (SSSR count). The van der Waals surface area contributed by atoms with Crippen molar-refractivity contribution in [3.8, 4) is 0 Å². The van der Waals surface area contributed by atoms with Crippen LogP contribution in [0.2, 0.25) is 5.02 Å². The molecule has 1 spiro atoms. The fraction of sp³-hybridized carbons (Fsp3) is 0.667. The molecule has 10 heteroatoms. The summed E-state index contributed by atoms with van der Waals surface area (Å²) in [5, 5.41) is 6.02. The number of amides is 3. The number of piperidine rings is 1. The van der Waals surface area contributed by atoms with E-state index in [4.69, 9.17) is 16.3 Å². The van der Waals surface area contributed by atoms with E-state index < -0.39 is 41.3 Å². The number of benzene rings is 1. The molecule has 1 aliphatic carbocycles. The van der Waals surface area contributed by atoms with Gasteiger partial charge in [0.25, 0.3) is 0 Å². The zero-order valence-corrected chi connectivity index (χ0v) is 26.1. The number of halogens is 2. The first-order chi connectivity index (χ1) is 20.6. The van der Waals surface area contributed by atoms with E-state index in [1.807, 2.05) is 12.2 Å². The highest BCUT2D eigenvalue weighted by molar-refractivity contribution is 6.31. The number of nitrogens with one attached hydrogen (secondary N) is 2. The third kappa shape index (κ3) is 5.61. The van der Waals surface area contributed by atoms with Crippen LogP contribution in [-0.2, 0) is 19.1 Å². The van der Waals surface area contributed by atoms with Gasteiger partial charge in [-0.05, 0) is 81.3 Å². The third-order valence-corrected chi connectivity index (χ3v) is 11.2. The number of carbonyl (C=O) groups excluding carboxylic acids is 3. The van der Waals surface area contributed by atoms with Gasteiger partial charge in [0.05, 0.1) is 23.0 Å². The first kappa shape index (κ1) is 30.5. The van der Waals surface area contributed by atoms with Crippen LogP contribution in [0.15, 0.2) is 30.4 Å². The molecule has 8 nitrogen and oxygen atoms in total. The average Bonchev–Trinajstić information content (AvgIpc) is 3.62. The van der Waals surface area contributed by atoms with Gasteiger partial charge in [-0.3, -0.25) is 14.4 Å². The van der Waals surface area contributed by atoms with E-state index in [2.05, 4.69) is 36.3 Å². The highest BCUT2D eigenvalue weighted by Crippen LogP contribution is 2.55. The predicted molar refractivity (Wildman–Crippen MR) is 163 cm³/mol. The van der Waals surface area contributed by atoms with Crippen LogP contribution in [0.25, 0.3) is 0 Å². The molecule has 5 aliphatic rings. The van der Waals surface area contributed by atoms with Crippen molar-refractivity contribution in [3.05, 3.63) is 41.2 Å². The lowest BCUT2D eigenvalue weighted by Crippen LogP contribution is -2.58. The van der Waals surface area contributed by atoms with Crippen molar-refractivity contribution in [1.82, 2.24) is 15.1 Å². The number of hydrogen-bond acceptors (Lipinski definition) is 5. The number of anilines is 1. The van der Waals surface area contributed by atoms with Crippen LogP contribution in [0.5, 0.6) is 0 Å². The van der Waals surface area contributed by atoms with Crippen molar-refractivity contribution >= 4 is 35.0 Å². The minimum Gasteiger partial charge on any atom is -0.359 e. The van der Waals surface area contributed by atoms with Gasteiger partial charge in [0.1, 0.15) is 17.5 Å². The van der Waals surface area contributed by atoms with Crippen molar-refractivity contribution < 1.29 is 23.5 Å². The number of ether oxygens (including phenoxy) is 1. The Labute approximate surface area is 258 Å². The Balaban J connectivity index is 1.24. The molecule has 234 valence electrons. The van der Waals surface area contributed by atoms with Crippen LogP contribution in [0.3, 0.4) is 0 Å². The van der Waals surface area contributed by atoms with Crippen molar-refractivity contribution in [3.63, 3.8) is 0 Å². The Hall–Kier alpha value is -2.49. The second-order valence-electron chi connectivity index (χ2n) is 13.6. The zero-order valence-electron chi connectivity index (χ0n) is 25.4. The summed E-state index contributed by atoms with van der Waals surface area (Å²) in [5.41, 5.74) is -0.872. The highest BCUT2D eigenvalue weighted by atomic mass is 35.5. The maximum Gasteiger partial charge on any atom is 0.246 e. The van der Waals surface area contributed by atoms with E-state index in [0.29, 0.717) is 24.1 Å². The van der Waals surface area contributed by atoms with Crippen LogP contribution in [-0.4, -0.2) is 77.5 Å². The van der Waals surface area contributed by atoms with Crippen LogP contribution < -0.4 is 10.6 Å². The molecule has 3 amide bonds. The Bertz CT molecular complexity index is 1290. The van der Waals surface area contributed by atoms with E-state index in [1.165, 1.54) is 31.0 Å². The number of carbonyl (C=O) groups is 3. The summed E-state index contributed by atoms with van der Waals surface area (Å²) in [6, 6.07) is 3.15. The summed E-state index contributed by atoms with van der Waals surface area (Å²) in [7, 11) is 0. The molecule has 3 saturated heterocycles. The molecular weight excluding hydrogens is 571 g/mol. The third-order valence-electron chi connectivity index (χ3n) is 10.9. The molecule has 4 aliphatic heterocycles. The summed E-state index contributed by atoms with van der Waals surface area (Å²) in [4.78, 5) is 46.3. The van der Waals surface area contributed by atoms with E-state index in [-0.39, 0.29) is 22.9 Å². The Morgan fingerprint density at radius 3 is 2.60 bits per heavy atom. The maximum atomic E-state index is 14.3. The standard InChI is InChI=1S/C33H44ClFN4O4/c1-19-11-16-38(17-12-19)14-5-15-39-29(31(41)37-25-7-4-6-20(2)21(25)3)33-13-10-26(43-33)27(28(33)32(39)42)30(40)36-22-8-9-24(35)23(34)18-22/h8-10,13,18-21,25-29H,4-7,11-12,14-17H2,1-3H3,(H,36,40)(H,37,41)/t20-,21-,25-,26+,27-,28+,29+,33+/m1/s1. The first-order valence-electron chi connectivity index (χ1n) is 16.1. The molecule has 2 bridgehead atoms. The summed E-state index contributed by atoms with van der Waals surface area (Å²) in [6.45, 7) is 10.1. The average molecular weight is 615 g/mol. The second kappa shape index (κ2) is 12.1. The van der Waals surface area contributed by atoms with E-state index in [1.54, 1.807) is 4.90 Å². The zero-order chi connectivity index (χ0) is 30.5. The molecule has 1 aromatic carbocycles. The van der Waals surface area contributed by atoms with Crippen LogP contribution in [0, 0.1) is 35.4 Å². The molecule has 4 heterocycles. The molecule has 0 unspecified atom stereocenters. The van der Waals surface area contributed by atoms with Gasteiger partial charge in [-0.1, -0.05) is 57.4 Å². The lowest BCUT2D eigenvalue weighted by Gasteiger charge is -2.38. The van der Waals surface area contributed by atoms with Crippen molar-refractivity contribution in [1.29, 1.82) is 0 Å². The molecule has 1 aromatic rings. The van der Waals surface area contributed by atoms with E-state index in [0.717, 1.165) is 51.2 Å². The van der Waals surface area contributed by atoms with Crippen LogP contribution in [0.1, 0.15) is 59.3 Å². The van der Waals surface area contributed by atoms with E-state index in [9.17, 15) is 18.8 Å². The van der Waals surface area contributed by atoms with Gasteiger partial charge >= 0.3 is 0 Å². The molecule has 1 saturated carbocycles. The lowest BCUT2D eigenvalue weighted by atomic mass is 9.73. The fourth-order valence-electron chi connectivity index (χ4n) is 8.11. The Kier molecular flexibility index (Phi) is 8.61. The van der Waals surface area contributed by atoms with Crippen LogP contribution in [0.4, 0.5) is 10.1 Å². The highest BCUT2D eigenvalue weighted by Gasteiger charge is 2.72. The number of nitrogens with zero attached hydrogens (tertiary/aromatic N) is 2. The quantitative estimate of drug-likeness (QED) is 0.417.